The smallest absolute Gasteiger partial charge is 0.130 e. The molecule has 0 radical (unpaired) electrons. The Bertz CT molecular complexity index is 181. The summed E-state index contributed by atoms with van der Waals surface area (Å²) in [6.45, 7) is -0.512. The lowest BCUT2D eigenvalue weighted by atomic mass is 9.89. The van der Waals surface area contributed by atoms with Crippen molar-refractivity contribution in [2.45, 2.75) is 10.2 Å². The van der Waals surface area contributed by atoms with Crippen LogP contribution >= 0.6 is 46.4 Å². The lowest BCUT2D eigenvalue weighted by molar-refractivity contribution is 0.185. The molecule has 0 aromatic carbocycles. The molecule has 2 nitrogen and oxygen atoms in total. The summed E-state index contributed by atoms with van der Waals surface area (Å²) in [6.07, 6.45) is 0. The minimum Gasteiger partial charge on any atom is -0.395 e. The SMILES string of the molecule is N#CC(CO)(C(Cl)Cl)C(Cl)CCl. The van der Waals surface area contributed by atoms with Crippen molar-refractivity contribution < 1.29 is 5.11 Å². The Kier molecular flexibility index (Phi) is 5.64. The van der Waals surface area contributed by atoms with Crippen LogP contribution in [0.25, 0.3) is 0 Å². The molecule has 70 valence electrons. The van der Waals surface area contributed by atoms with E-state index in [4.69, 9.17) is 56.8 Å². The summed E-state index contributed by atoms with van der Waals surface area (Å²) in [5, 5.41) is 16.9. The van der Waals surface area contributed by atoms with E-state index < -0.39 is 22.2 Å². The van der Waals surface area contributed by atoms with Crippen LogP contribution in [0.1, 0.15) is 0 Å². The van der Waals surface area contributed by atoms with E-state index in [1.807, 2.05) is 0 Å². The molecule has 0 spiro atoms. The summed E-state index contributed by atoms with van der Waals surface area (Å²) in [6, 6.07) is 1.79. The number of hydrogen-bond donors (Lipinski definition) is 1. The highest BCUT2D eigenvalue weighted by Crippen LogP contribution is 2.36. The molecule has 0 heterocycles. The van der Waals surface area contributed by atoms with Gasteiger partial charge in [-0.2, -0.15) is 5.26 Å². The normalized spacial score (nSPS) is 18.4. The van der Waals surface area contributed by atoms with Crippen LogP contribution in [0.2, 0.25) is 0 Å². The standard InChI is InChI=1S/C6H7Cl4NO/c7-1-4(8)6(2-11,3-12)5(9)10/h4-5,12H,1,3H2. The Balaban J connectivity index is 4.72. The van der Waals surface area contributed by atoms with Gasteiger partial charge in [0.15, 0.2) is 0 Å². The minimum absolute atomic E-state index is 0.00557. The summed E-state index contributed by atoms with van der Waals surface area (Å²) >= 11 is 22.2. The first kappa shape index (κ1) is 12.6. The Morgan fingerprint density at radius 2 is 1.92 bits per heavy atom. The number of nitrogens with zero attached hydrogens (tertiary/aromatic N) is 1. The molecule has 0 amide bonds. The molecule has 0 aliphatic heterocycles. The Labute approximate surface area is 91.0 Å². The topological polar surface area (TPSA) is 44.0 Å². The first-order valence-electron chi connectivity index (χ1n) is 3.05. The van der Waals surface area contributed by atoms with Gasteiger partial charge in [0, 0.05) is 5.88 Å². The molecule has 0 rings (SSSR count). The zero-order chi connectivity index (χ0) is 9.78. The van der Waals surface area contributed by atoms with E-state index in [1.165, 1.54) is 0 Å². The third kappa shape index (κ3) is 2.31. The average Bonchev–Trinajstić information content (AvgIpc) is 2.06. The number of nitriles is 1. The molecule has 0 fully saturated rings. The van der Waals surface area contributed by atoms with Gasteiger partial charge in [-0.3, -0.25) is 0 Å². The van der Waals surface area contributed by atoms with Crippen LogP contribution in [0, 0.1) is 16.7 Å². The maximum absolute atomic E-state index is 8.91. The summed E-state index contributed by atoms with van der Waals surface area (Å²) in [5.41, 5.74) is -1.38. The van der Waals surface area contributed by atoms with Gasteiger partial charge in [0.05, 0.1) is 18.1 Å². The van der Waals surface area contributed by atoms with E-state index in [1.54, 1.807) is 6.07 Å². The van der Waals surface area contributed by atoms with Gasteiger partial charge in [0.2, 0.25) is 0 Å². The van der Waals surface area contributed by atoms with Crippen LogP contribution in [-0.2, 0) is 0 Å². The van der Waals surface area contributed by atoms with E-state index in [0.717, 1.165) is 0 Å². The quantitative estimate of drug-likeness (QED) is 0.778. The fraction of sp³-hybridized carbons (Fsp3) is 0.833. The molecule has 0 aliphatic rings. The molecule has 0 bridgehead atoms. The van der Waals surface area contributed by atoms with E-state index in [9.17, 15) is 0 Å². The largest absolute Gasteiger partial charge is 0.395 e. The monoisotopic (exact) mass is 249 g/mol. The number of rotatable bonds is 4. The molecule has 0 aromatic rings. The Hall–Kier alpha value is 0.610. The third-order valence-corrected chi connectivity index (χ3v) is 3.34. The lowest BCUT2D eigenvalue weighted by Gasteiger charge is -2.28. The molecule has 6 heteroatoms. The molecule has 0 saturated carbocycles. The Morgan fingerprint density at radius 3 is 2.00 bits per heavy atom. The van der Waals surface area contributed by atoms with Crippen LogP contribution < -0.4 is 0 Å². The second-order valence-corrected chi connectivity index (χ2v) is 4.16. The van der Waals surface area contributed by atoms with E-state index in [0.29, 0.717) is 0 Å². The van der Waals surface area contributed by atoms with Crippen molar-refractivity contribution >= 4 is 46.4 Å². The molecule has 12 heavy (non-hydrogen) atoms. The maximum atomic E-state index is 8.91. The van der Waals surface area contributed by atoms with Gasteiger partial charge >= 0.3 is 0 Å². The molecule has 2 atom stereocenters. The second kappa shape index (κ2) is 5.36. The molecule has 2 unspecified atom stereocenters. The number of aliphatic hydroxyl groups excluding tert-OH is 1. The fourth-order valence-corrected chi connectivity index (χ4v) is 1.78. The zero-order valence-electron chi connectivity index (χ0n) is 5.98. The van der Waals surface area contributed by atoms with Gasteiger partial charge < -0.3 is 5.11 Å². The van der Waals surface area contributed by atoms with Gasteiger partial charge in [-0.15, -0.1) is 46.4 Å². The number of alkyl halides is 4. The van der Waals surface area contributed by atoms with Crippen LogP contribution in [0.3, 0.4) is 0 Å². The predicted molar refractivity (Wildman–Crippen MR) is 51.0 cm³/mol. The van der Waals surface area contributed by atoms with Gasteiger partial charge in [-0.25, -0.2) is 0 Å². The minimum atomic E-state index is -1.38. The van der Waals surface area contributed by atoms with E-state index in [2.05, 4.69) is 0 Å². The summed E-state index contributed by atoms with van der Waals surface area (Å²) in [7, 11) is 0. The van der Waals surface area contributed by atoms with Crippen molar-refractivity contribution in [3.05, 3.63) is 0 Å². The summed E-state index contributed by atoms with van der Waals surface area (Å²) < 4.78 is 0. The maximum Gasteiger partial charge on any atom is 0.130 e. The van der Waals surface area contributed by atoms with Crippen molar-refractivity contribution in [1.29, 1.82) is 5.26 Å². The van der Waals surface area contributed by atoms with Gasteiger partial charge in [-0.1, -0.05) is 0 Å². The van der Waals surface area contributed by atoms with Crippen molar-refractivity contribution in [2.75, 3.05) is 12.5 Å². The molecule has 1 N–H and O–H groups in total. The molecule has 0 aromatic heterocycles. The number of hydrogen-bond acceptors (Lipinski definition) is 2. The molecular weight excluding hydrogens is 244 g/mol. The van der Waals surface area contributed by atoms with Crippen LogP contribution in [0.15, 0.2) is 0 Å². The number of halogens is 4. The van der Waals surface area contributed by atoms with E-state index in [-0.39, 0.29) is 5.88 Å². The zero-order valence-corrected chi connectivity index (χ0v) is 9.00. The van der Waals surface area contributed by atoms with Crippen LogP contribution in [0.4, 0.5) is 0 Å². The van der Waals surface area contributed by atoms with Gasteiger partial charge in [0.25, 0.3) is 0 Å². The van der Waals surface area contributed by atoms with Crippen LogP contribution in [-0.4, -0.2) is 27.8 Å². The lowest BCUT2D eigenvalue weighted by Crippen LogP contribution is -2.40. The average molecular weight is 251 g/mol. The van der Waals surface area contributed by atoms with Crippen molar-refractivity contribution in [3.63, 3.8) is 0 Å². The first-order valence-corrected chi connectivity index (χ1v) is 4.89. The van der Waals surface area contributed by atoms with Crippen molar-refractivity contribution in [2.24, 2.45) is 5.41 Å². The first-order chi connectivity index (χ1) is 5.55. The highest BCUT2D eigenvalue weighted by Gasteiger charge is 2.43. The highest BCUT2D eigenvalue weighted by atomic mass is 35.5. The predicted octanol–water partition coefficient (Wildman–Crippen LogP) is 2.14. The highest BCUT2D eigenvalue weighted by molar-refractivity contribution is 6.45. The van der Waals surface area contributed by atoms with Gasteiger partial charge in [0.1, 0.15) is 10.3 Å². The van der Waals surface area contributed by atoms with Crippen LogP contribution in [0.5, 0.6) is 0 Å². The number of aliphatic hydroxyl groups is 1. The summed E-state index contributed by atoms with van der Waals surface area (Å²) in [5.74, 6) is 0.00557. The summed E-state index contributed by atoms with van der Waals surface area (Å²) in [4.78, 5) is -1.06. The van der Waals surface area contributed by atoms with Crippen molar-refractivity contribution in [1.82, 2.24) is 0 Å². The Morgan fingerprint density at radius 1 is 1.42 bits per heavy atom. The third-order valence-electron chi connectivity index (χ3n) is 1.55. The fourth-order valence-electron chi connectivity index (χ4n) is 0.597. The van der Waals surface area contributed by atoms with E-state index >= 15 is 0 Å². The molecule has 0 aliphatic carbocycles. The van der Waals surface area contributed by atoms with Crippen molar-refractivity contribution in [3.8, 4) is 6.07 Å². The molecular formula is C6H7Cl4NO. The second-order valence-electron chi connectivity index (χ2n) is 2.23. The van der Waals surface area contributed by atoms with Gasteiger partial charge in [-0.05, 0) is 0 Å². The molecule has 0 saturated heterocycles.